The third-order valence-corrected chi connectivity index (χ3v) is 4.51. The number of nitrogens with one attached hydrogen (secondary N) is 1. The van der Waals surface area contributed by atoms with Crippen molar-refractivity contribution in [3.05, 3.63) is 5.32 Å². The molecule has 0 fully saturated rings. The predicted octanol–water partition coefficient (Wildman–Crippen LogP) is 2.43. The van der Waals surface area contributed by atoms with Crippen molar-refractivity contribution in [2.24, 2.45) is 0 Å². The summed E-state index contributed by atoms with van der Waals surface area (Å²) < 4.78 is 0. The van der Waals surface area contributed by atoms with E-state index in [0.29, 0.717) is 0 Å². The summed E-state index contributed by atoms with van der Waals surface area (Å²) in [7, 11) is 1.90. The first kappa shape index (κ1) is 27.7. The second kappa shape index (κ2) is 24.5. The Bertz CT molecular complexity index is 218. The minimum Gasteiger partial charge on any atom is -0.665 e. The molecule has 0 rings (SSSR count). The van der Waals surface area contributed by atoms with Crippen molar-refractivity contribution in [1.29, 1.82) is 0 Å². The first-order valence-corrected chi connectivity index (χ1v) is 10.3. The Morgan fingerprint density at radius 2 is 1.33 bits per heavy atom. The SMILES string of the molecule is CCCCCCCCNCC(O)CCCCCCCCC[N-]C.[K+]. The molecule has 0 aromatic carbocycles. The molecule has 1 atom stereocenters. The van der Waals surface area contributed by atoms with Crippen LogP contribution in [0.3, 0.4) is 0 Å². The Morgan fingerprint density at radius 3 is 1.96 bits per heavy atom. The smallest absolute Gasteiger partial charge is 0.665 e. The molecule has 0 amide bonds. The molecule has 2 N–H and O–H groups in total. The monoisotopic (exact) mass is 366 g/mol. The van der Waals surface area contributed by atoms with Gasteiger partial charge in [0.05, 0.1) is 6.10 Å². The van der Waals surface area contributed by atoms with Crippen molar-refractivity contribution in [3.8, 4) is 0 Å². The van der Waals surface area contributed by atoms with Crippen LogP contribution in [0, 0.1) is 0 Å². The fourth-order valence-electron chi connectivity index (χ4n) is 2.93. The van der Waals surface area contributed by atoms with Gasteiger partial charge in [0, 0.05) is 6.54 Å². The zero-order valence-corrected chi connectivity index (χ0v) is 20.1. The Hall–Kier alpha value is 1.52. The summed E-state index contributed by atoms with van der Waals surface area (Å²) in [6.07, 6.45) is 17.9. The van der Waals surface area contributed by atoms with Crippen LogP contribution in [-0.4, -0.2) is 37.9 Å². The topological polar surface area (TPSA) is 46.4 Å². The quantitative estimate of drug-likeness (QED) is 0.272. The van der Waals surface area contributed by atoms with E-state index in [1.54, 1.807) is 0 Å². The van der Waals surface area contributed by atoms with E-state index in [2.05, 4.69) is 17.6 Å². The summed E-state index contributed by atoms with van der Waals surface area (Å²) in [4.78, 5) is 0. The van der Waals surface area contributed by atoms with Gasteiger partial charge >= 0.3 is 51.4 Å². The molecule has 0 aliphatic carbocycles. The molecular weight excluding hydrogens is 323 g/mol. The van der Waals surface area contributed by atoms with Crippen molar-refractivity contribution in [2.45, 2.75) is 103 Å². The van der Waals surface area contributed by atoms with E-state index >= 15 is 0 Å². The van der Waals surface area contributed by atoms with E-state index < -0.39 is 0 Å². The van der Waals surface area contributed by atoms with Crippen LogP contribution >= 0.6 is 0 Å². The first-order valence-electron chi connectivity index (χ1n) is 10.3. The predicted molar refractivity (Wildman–Crippen MR) is 103 cm³/mol. The molecule has 0 aromatic heterocycles. The van der Waals surface area contributed by atoms with Gasteiger partial charge in [0.15, 0.2) is 0 Å². The molecule has 0 heterocycles. The van der Waals surface area contributed by atoms with Crippen LogP contribution in [0.4, 0.5) is 0 Å². The molecule has 140 valence electrons. The van der Waals surface area contributed by atoms with Crippen LogP contribution in [0.5, 0.6) is 0 Å². The minimum atomic E-state index is -0.152. The summed E-state index contributed by atoms with van der Waals surface area (Å²) in [6.45, 7) is 5.12. The van der Waals surface area contributed by atoms with E-state index in [9.17, 15) is 5.11 Å². The summed E-state index contributed by atoms with van der Waals surface area (Å²) in [6, 6.07) is 0. The van der Waals surface area contributed by atoms with Crippen LogP contribution in [0.15, 0.2) is 0 Å². The standard InChI is InChI=1S/C20H43N2O.K/c1-3-4-5-6-12-15-18-22-19-20(23)16-13-10-8-7-9-11-14-17-21-2;/h20,22-23H,3-19H2,1-2H3;/q-1;+1. The second-order valence-corrected chi connectivity index (χ2v) is 6.93. The molecule has 0 bridgehead atoms. The van der Waals surface area contributed by atoms with E-state index in [0.717, 1.165) is 26.1 Å². The van der Waals surface area contributed by atoms with Gasteiger partial charge in [0.25, 0.3) is 0 Å². The fraction of sp³-hybridized carbons (Fsp3) is 1.00. The zero-order valence-electron chi connectivity index (χ0n) is 17.0. The maximum absolute atomic E-state index is 9.95. The molecule has 0 aromatic rings. The minimum absolute atomic E-state index is 0. The fourth-order valence-corrected chi connectivity index (χ4v) is 2.93. The average Bonchev–Trinajstić information content (AvgIpc) is 2.56. The maximum Gasteiger partial charge on any atom is 1.00 e. The van der Waals surface area contributed by atoms with Crippen molar-refractivity contribution in [2.75, 3.05) is 26.7 Å². The maximum atomic E-state index is 9.95. The Morgan fingerprint density at radius 1 is 0.792 bits per heavy atom. The molecule has 0 spiro atoms. The molecule has 3 nitrogen and oxygen atoms in total. The number of rotatable bonds is 19. The van der Waals surface area contributed by atoms with Crippen LogP contribution < -0.4 is 56.7 Å². The van der Waals surface area contributed by atoms with Gasteiger partial charge in [-0.25, -0.2) is 0 Å². The van der Waals surface area contributed by atoms with E-state index in [1.165, 1.54) is 83.5 Å². The molecule has 24 heavy (non-hydrogen) atoms. The molecule has 0 saturated heterocycles. The van der Waals surface area contributed by atoms with E-state index in [4.69, 9.17) is 0 Å². The molecule has 0 aliphatic heterocycles. The van der Waals surface area contributed by atoms with E-state index in [1.807, 2.05) is 7.05 Å². The van der Waals surface area contributed by atoms with Crippen molar-refractivity contribution < 1.29 is 56.5 Å². The van der Waals surface area contributed by atoms with Gasteiger partial charge in [-0.3, -0.25) is 0 Å². The van der Waals surface area contributed by atoms with Crippen molar-refractivity contribution >= 4 is 0 Å². The van der Waals surface area contributed by atoms with Gasteiger partial charge in [-0.15, -0.1) is 6.54 Å². The zero-order chi connectivity index (χ0) is 17.0. The number of aliphatic hydroxyl groups excluding tert-OH is 1. The third-order valence-electron chi connectivity index (χ3n) is 4.51. The number of aliphatic hydroxyl groups is 1. The number of nitrogens with zero attached hydrogens (tertiary/aromatic N) is 1. The van der Waals surface area contributed by atoms with Gasteiger partial charge in [-0.2, -0.15) is 7.05 Å². The van der Waals surface area contributed by atoms with Crippen LogP contribution in [-0.2, 0) is 0 Å². The van der Waals surface area contributed by atoms with Crippen LogP contribution in [0.2, 0.25) is 0 Å². The Kier molecular flexibility index (Phi) is 28.3. The molecule has 0 aliphatic rings. The summed E-state index contributed by atoms with van der Waals surface area (Å²) in [5, 5.41) is 17.5. The van der Waals surface area contributed by atoms with Gasteiger partial charge in [0.1, 0.15) is 0 Å². The van der Waals surface area contributed by atoms with Crippen LogP contribution in [0.1, 0.15) is 96.8 Å². The van der Waals surface area contributed by atoms with Crippen molar-refractivity contribution in [1.82, 2.24) is 5.32 Å². The summed E-state index contributed by atoms with van der Waals surface area (Å²) >= 11 is 0. The largest absolute Gasteiger partial charge is 1.00 e. The Balaban J connectivity index is 0. The molecule has 1 unspecified atom stereocenters. The number of unbranched alkanes of at least 4 members (excludes halogenated alkanes) is 11. The average molecular weight is 367 g/mol. The number of hydrogen-bond donors (Lipinski definition) is 2. The number of hydrogen-bond acceptors (Lipinski definition) is 2. The second-order valence-electron chi connectivity index (χ2n) is 6.93. The third kappa shape index (κ3) is 23.5. The van der Waals surface area contributed by atoms with Gasteiger partial charge in [-0.05, 0) is 19.4 Å². The Labute approximate surface area is 194 Å². The molecular formula is C20H43KN2O. The van der Waals surface area contributed by atoms with Crippen molar-refractivity contribution in [3.63, 3.8) is 0 Å². The van der Waals surface area contributed by atoms with Gasteiger partial charge in [0.2, 0.25) is 0 Å². The normalized spacial score (nSPS) is 12.1. The van der Waals surface area contributed by atoms with Gasteiger partial charge < -0.3 is 15.7 Å². The van der Waals surface area contributed by atoms with Crippen LogP contribution in [0.25, 0.3) is 5.32 Å². The summed E-state index contributed by atoms with van der Waals surface area (Å²) in [5.74, 6) is 0. The summed E-state index contributed by atoms with van der Waals surface area (Å²) in [5.41, 5.74) is 0. The van der Waals surface area contributed by atoms with Gasteiger partial charge in [-0.1, -0.05) is 84.0 Å². The first-order chi connectivity index (χ1) is 11.3. The molecule has 0 saturated carbocycles. The van der Waals surface area contributed by atoms with E-state index in [-0.39, 0.29) is 57.5 Å². The molecule has 4 heteroatoms. The molecule has 0 radical (unpaired) electrons.